The molecular formula is C16H15NO2. The van der Waals surface area contributed by atoms with Crippen LogP contribution in [0, 0.1) is 18.8 Å². The molecule has 1 aromatic heterocycles. The van der Waals surface area contributed by atoms with E-state index in [-0.39, 0.29) is 0 Å². The fraction of sp³-hybridized carbons (Fsp3) is 0.188. The number of hydrogen-bond donors (Lipinski definition) is 0. The molecule has 1 aromatic carbocycles. The van der Waals surface area contributed by atoms with Gasteiger partial charge in [-0.3, -0.25) is 0 Å². The minimum absolute atomic E-state index is 0.461. The lowest BCUT2D eigenvalue weighted by atomic mass is 10.1. The molecular weight excluding hydrogens is 238 g/mol. The van der Waals surface area contributed by atoms with Crippen molar-refractivity contribution >= 4 is 0 Å². The van der Waals surface area contributed by atoms with Gasteiger partial charge in [0.2, 0.25) is 0 Å². The molecule has 2 rings (SSSR count). The highest BCUT2D eigenvalue weighted by Gasteiger charge is 2.04. The van der Waals surface area contributed by atoms with Gasteiger partial charge in [-0.25, -0.2) is 4.98 Å². The molecule has 1 heterocycles. The van der Waals surface area contributed by atoms with Crippen molar-refractivity contribution in [1.29, 1.82) is 0 Å². The molecule has 0 unspecified atom stereocenters. The van der Waals surface area contributed by atoms with Crippen molar-refractivity contribution in [2.75, 3.05) is 14.2 Å². The molecule has 0 aliphatic carbocycles. The summed E-state index contributed by atoms with van der Waals surface area (Å²) < 4.78 is 10.3. The van der Waals surface area contributed by atoms with Gasteiger partial charge < -0.3 is 9.47 Å². The van der Waals surface area contributed by atoms with Gasteiger partial charge in [0, 0.05) is 23.4 Å². The summed E-state index contributed by atoms with van der Waals surface area (Å²) in [6.07, 6.45) is 1.67. The number of methoxy groups -OCH3 is 2. The SMILES string of the molecule is COc1cc(C#Cc2ccc(C)cc2)cnc1OC. The van der Waals surface area contributed by atoms with Crippen LogP contribution in [0.5, 0.6) is 11.6 Å². The average molecular weight is 253 g/mol. The van der Waals surface area contributed by atoms with E-state index in [0.717, 1.165) is 11.1 Å². The van der Waals surface area contributed by atoms with Crippen LogP contribution in [-0.2, 0) is 0 Å². The second-order valence-corrected chi connectivity index (χ2v) is 4.05. The van der Waals surface area contributed by atoms with E-state index in [1.54, 1.807) is 20.4 Å². The predicted octanol–water partition coefficient (Wildman–Crippen LogP) is 2.81. The average Bonchev–Trinajstić information content (AvgIpc) is 2.46. The summed E-state index contributed by atoms with van der Waals surface area (Å²) in [5.74, 6) is 7.19. The van der Waals surface area contributed by atoms with Gasteiger partial charge in [0.05, 0.1) is 14.2 Å². The Morgan fingerprint density at radius 3 is 2.26 bits per heavy atom. The summed E-state index contributed by atoms with van der Waals surface area (Å²) in [7, 11) is 3.14. The number of ether oxygens (including phenoxy) is 2. The molecule has 0 saturated carbocycles. The maximum absolute atomic E-state index is 5.19. The molecule has 0 fully saturated rings. The summed E-state index contributed by atoms with van der Waals surface area (Å²) in [4.78, 5) is 4.14. The lowest BCUT2D eigenvalue weighted by Crippen LogP contribution is -1.94. The van der Waals surface area contributed by atoms with Gasteiger partial charge in [0.1, 0.15) is 0 Å². The van der Waals surface area contributed by atoms with Crippen LogP contribution in [0.3, 0.4) is 0 Å². The van der Waals surface area contributed by atoms with E-state index in [9.17, 15) is 0 Å². The molecule has 0 amide bonds. The van der Waals surface area contributed by atoms with Crippen molar-refractivity contribution in [3.63, 3.8) is 0 Å². The summed E-state index contributed by atoms with van der Waals surface area (Å²) in [6.45, 7) is 2.05. The van der Waals surface area contributed by atoms with Crippen LogP contribution in [0.25, 0.3) is 0 Å². The number of nitrogens with zero attached hydrogens (tertiary/aromatic N) is 1. The number of rotatable bonds is 2. The van der Waals surface area contributed by atoms with Crippen LogP contribution in [0.1, 0.15) is 16.7 Å². The van der Waals surface area contributed by atoms with Crippen molar-refractivity contribution in [3.8, 4) is 23.5 Å². The molecule has 0 bridgehead atoms. The molecule has 3 heteroatoms. The van der Waals surface area contributed by atoms with Gasteiger partial charge >= 0.3 is 0 Å². The van der Waals surface area contributed by atoms with Crippen molar-refractivity contribution < 1.29 is 9.47 Å². The van der Waals surface area contributed by atoms with Crippen LogP contribution < -0.4 is 9.47 Å². The first-order valence-electron chi connectivity index (χ1n) is 5.89. The molecule has 0 saturated heterocycles. The smallest absolute Gasteiger partial charge is 0.256 e. The van der Waals surface area contributed by atoms with E-state index in [4.69, 9.17) is 9.47 Å². The lowest BCUT2D eigenvalue weighted by Gasteiger charge is -2.05. The third-order valence-corrected chi connectivity index (χ3v) is 2.63. The second-order valence-electron chi connectivity index (χ2n) is 4.05. The quantitative estimate of drug-likeness (QED) is 0.771. The predicted molar refractivity (Wildman–Crippen MR) is 74.5 cm³/mol. The number of pyridine rings is 1. The molecule has 0 N–H and O–H groups in total. The Kier molecular flexibility index (Phi) is 4.04. The summed E-state index contributed by atoms with van der Waals surface area (Å²) in [5.41, 5.74) is 2.98. The van der Waals surface area contributed by atoms with Crippen molar-refractivity contribution in [2.45, 2.75) is 6.92 Å². The third-order valence-electron chi connectivity index (χ3n) is 2.63. The van der Waals surface area contributed by atoms with E-state index in [1.165, 1.54) is 5.56 Å². The van der Waals surface area contributed by atoms with E-state index >= 15 is 0 Å². The number of hydrogen-bond acceptors (Lipinski definition) is 3. The van der Waals surface area contributed by atoms with E-state index < -0.39 is 0 Å². The Balaban J connectivity index is 2.27. The van der Waals surface area contributed by atoms with Crippen LogP contribution >= 0.6 is 0 Å². The fourth-order valence-electron chi connectivity index (χ4n) is 1.58. The van der Waals surface area contributed by atoms with Gasteiger partial charge in [-0.05, 0) is 19.1 Å². The van der Waals surface area contributed by atoms with Crippen molar-refractivity contribution in [1.82, 2.24) is 4.98 Å². The zero-order chi connectivity index (χ0) is 13.7. The number of benzene rings is 1. The molecule has 0 aliphatic heterocycles. The Bertz CT molecular complexity index is 621. The second kappa shape index (κ2) is 5.92. The van der Waals surface area contributed by atoms with E-state index in [2.05, 4.69) is 23.7 Å². The number of aromatic nitrogens is 1. The van der Waals surface area contributed by atoms with Gasteiger partial charge in [0.15, 0.2) is 5.75 Å². The largest absolute Gasteiger partial charge is 0.491 e. The Hall–Kier alpha value is -2.47. The third kappa shape index (κ3) is 3.26. The first-order chi connectivity index (χ1) is 9.22. The van der Waals surface area contributed by atoms with E-state index in [0.29, 0.717) is 11.6 Å². The van der Waals surface area contributed by atoms with Gasteiger partial charge in [0.25, 0.3) is 5.88 Å². The standard InChI is InChI=1S/C16H15NO2/c1-12-4-6-13(7-5-12)8-9-14-10-15(18-2)16(19-3)17-11-14/h4-7,10-11H,1-3H3. The molecule has 0 aliphatic rings. The monoisotopic (exact) mass is 253 g/mol. The zero-order valence-electron chi connectivity index (χ0n) is 11.2. The lowest BCUT2D eigenvalue weighted by molar-refractivity contribution is 0.343. The highest BCUT2D eigenvalue weighted by atomic mass is 16.5. The van der Waals surface area contributed by atoms with Crippen molar-refractivity contribution in [2.24, 2.45) is 0 Å². The van der Waals surface area contributed by atoms with Gasteiger partial charge in [-0.2, -0.15) is 0 Å². The maximum Gasteiger partial charge on any atom is 0.256 e. The minimum atomic E-state index is 0.461. The minimum Gasteiger partial charge on any atom is -0.491 e. The summed E-state index contributed by atoms with van der Waals surface area (Å²) in [5, 5.41) is 0. The van der Waals surface area contributed by atoms with Gasteiger partial charge in [-0.1, -0.05) is 29.5 Å². The normalized spacial score (nSPS) is 9.42. The fourth-order valence-corrected chi connectivity index (χ4v) is 1.58. The van der Waals surface area contributed by atoms with Crippen LogP contribution in [0.2, 0.25) is 0 Å². The summed E-state index contributed by atoms with van der Waals surface area (Å²) >= 11 is 0. The van der Waals surface area contributed by atoms with Crippen LogP contribution in [-0.4, -0.2) is 19.2 Å². The Labute approximate surface area is 113 Å². The molecule has 96 valence electrons. The summed E-state index contributed by atoms with van der Waals surface area (Å²) in [6, 6.07) is 9.88. The molecule has 0 atom stereocenters. The molecule has 2 aromatic rings. The van der Waals surface area contributed by atoms with Gasteiger partial charge in [-0.15, -0.1) is 0 Å². The number of aryl methyl sites for hydroxylation is 1. The molecule has 0 spiro atoms. The zero-order valence-corrected chi connectivity index (χ0v) is 11.2. The Morgan fingerprint density at radius 1 is 0.947 bits per heavy atom. The highest BCUT2D eigenvalue weighted by molar-refractivity contribution is 5.47. The maximum atomic E-state index is 5.19. The topological polar surface area (TPSA) is 31.4 Å². The molecule has 0 radical (unpaired) electrons. The molecule has 19 heavy (non-hydrogen) atoms. The van der Waals surface area contributed by atoms with Crippen molar-refractivity contribution in [3.05, 3.63) is 53.2 Å². The first kappa shape index (κ1) is 13.0. The highest BCUT2D eigenvalue weighted by Crippen LogP contribution is 2.23. The Morgan fingerprint density at radius 2 is 1.63 bits per heavy atom. The first-order valence-corrected chi connectivity index (χ1v) is 5.89. The van der Waals surface area contributed by atoms with Crippen LogP contribution in [0.15, 0.2) is 36.5 Å². The molecule has 3 nitrogen and oxygen atoms in total. The van der Waals surface area contributed by atoms with Crippen LogP contribution in [0.4, 0.5) is 0 Å². The van der Waals surface area contributed by atoms with E-state index in [1.807, 2.05) is 30.3 Å².